The van der Waals surface area contributed by atoms with Crippen LogP contribution in [0.15, 0.2) is 36.4 Å². The predicted molar refractivity (Wildman–Crippen MR) is 79.7 cm³/mol. The van der Waals surface area contributed by atoms with E-state index in [-0.39, 0.29) is 17.6 Å². The second kappa shape index (κ2) is 6.68. The third-order valence-corrected chi connectivity index (χ3v) is 3.32. The van der Waals surface area contributed by atoms with Crippen molar-refractivity contribution in [2.75, 3.05) is 6.54 Å². The zero-order valence-electron chi connectivity index (χ0n) is 12.4. The van der Waals surface area contributed by atoms with Crippen molar-refractivity contribution >= 4 is 0 Å². The summed E-state index contributed by atoms with van der Waals surface area (Å²) in [4.78, 5) is 0. The number of hydrogen-bond acceptors (Lipinski definition) is 2. The molecule has 112 valence electrons. The van der Waals surface area contributed by atoms with Gasteiger partial charge in [0, 0.05) is 6.04 Å². The van der Waals surface area contributed by atoms with Crippen LogP contribution in [0, 0.1) is 18.6 Å². The molecule has 2 aromatic rings. The second-order valence-corrected chi connectivity index (χ2v) is 4.98. The van der Waals surface area contributed by atoms with Crippen molar-refractivity contribution in [1.82, 2.24) is 5.32 Å². The van der Waals surface area contributed by atoms with Gasteiger partial charge in [0.15, 0.2) is 11.6 Å². The third-order valence-electron chi connectivity index (χ3n) is 3.32. The summed E-state index contributed by atoms with van der Waals surface area (Å²) in [6.45, 7) is 6.43. The predicted octanol–water partition coefficient (Wildman–Crippen LogP) is 4.74. The maximum Gasteiger partial charge on any atom is 0.166 e. The van der Waals surface area contributed by atoms with E-state index in [2.05, 4.69) is 5.32 Å². The minimum atomic E-state index is -0.431. The Balaban J connectivity index is 2.19. The SMILES string of the molecule is CCNC(C)c1ccc(Oc2ccc(F)c(C)c2)c(F)c1. The molecule has 2 aromatic carbocycles. The average Bonchev–Trinajstić information content (AvgIpc) is 2.45. The standard InChI is InChI=1S/C17H19F2NO/c1-4-20-12(3)13-5-8-17(16(19)10-13)21-14-6-7-15(18)11(2)9-14/h5-10,12,20H,4H2,1-3H3. The van der Waals surface area contributed by atoms with E-state index in [1.54, 1.807) is 19.1 Å². The molecule has 21 heavy (non-hydrogen) atoms. The van der Waals surface area contributed by atoms with Gasteiger partial charge in [-0.25, -0.2) is 8.78 Å². The van der Waals surface area contributed by atoms with Gasteiger partial charge < -0.3 is 10.1 Å². The molecule has 4 heteroatoms. The van der Waals surface area contributed by atoms with Gasteiger partial charge in [0.1, 0.15) is 11.6 Å². The first kappa shape index (κ1) is 15.4. The first-order valence-electron chi connectivity index (χ1n) is 6.98. The minimum absolute atomic E-state index is 0.0756. The lowest BCUT2D eigenvalue weighted by molar-refractivity contribution is 0.439. The molecule has 0 bridgehead atoms. The molecule has 0 saturated heterocycles. The van der Waals surface area contributed by atoms with Gasteiger partial charge in [-0.15, -0.1) is 0 Å². The van der Waals surface area contributed by atoms with Crippen molar-refractivity contribution < 1.29 is 13.5 Å². The lowest BCUT2D eigenvalue weighted by atomic mass is 10.1. The molecule has 0 heterocycles. The van der Waals surface area contributed by atoms with Gasteiger partial charge in [-0.05, 0) is 61.9 Å². The van der Waals surface area contributed by atoms with Crippen molar-refractivity contribution in [3.63, 3.8) is 0 Å². The van der Waals surface area contributed by atoms with E-state index in [1.165, 1.54) is 18.2 Å². The Kier molecular flexibility index (Phi) is 4.91. The fourth-order valence-electron chi connectivity index (χ4n) is 2.10. The number of halogens is 2. The van der Waals surface area contributed by atoms with Crippen LogP contribution in [0.4, 0.5) is 8.78 Å². The molecule has 2 rings (SSSR count). The van der Waals surface area contributed by atoms with Crippen molar-refractivity contribution in [1.29, 1.82) is 0 Å². The molecule has 1 N–H and O–H groups in total. The van der Waals surface area contributed by atoms with Crippen LogP contribution in [0.3, 0.4) is 0 Å². The number of nitrogens with one attached hydrogen (secondary N) is 1. The fraction of sp³-hybridized carbons (Fsp3) is 0.294. The molecule has 2 nitrogen and oxygen atoms in total. The largest absolute Gasteiger partial charge is 0.454 e. The zero-order chi connectivity index (χ0) is 15.4. The van der Waals surface area contributed by atoms with Crippen molar-refractivity contribution in [2.24, 2.45) is 0 Å². The van der Waals surface area contributed by atoms with E-state index in [4.69, 9.17) is 4.74 Å². The van der Waals surface area contributed by atoms with Gasteiger partial charge in [-0.1, -0.05) is 13.0 Å². The maximum absolute atomic E-state index is 14.1. The van der Waals surface area contributed by atoms with E-state index in [9.17, 15) is 8.78 Å². The lowest BCUT2D eigenvalue weighted by Gasteiger charge is -2.14. The Morgan fingerprint density at radius 3 is 2.48 bits per heavy atom. The van der Waals surface area contributed by atoms with Gasteiger partial charge >= 0.3 is 0 Å². The number of aryl methyl sites for hydroxylation is 1. The van der Waals surface area contributed by atoms with E-state index in [0.717, 1.165) is 12.1 Å². The summed E-state index contributed by atoms with van der Waals surface area (Å²) in [6, 6.07) is 9.29. The van der Waals surface area contributed by atoms with Crippen LogP contribution in [0.2, 0.25) is 0 Å². The Labute approximate surface area is 123 Å². The second-order valence-electron chi connectivity index (χ2n) is 4.98. The van der Waals surface area contributed by atoms with Crippen LogP contribution in [0.5, 0.6) is 11.5 Å². The first-order chi connectivity index (χ1) is 10.0. The summed E-state index contributed by atoms with van der Waals surface area (Å²) >= 11 is 0. The fourth-order valence-corrected chi connectivity index (χ4v) is 2.10. The maximum atomic E-state index is 14.1. The Bertz CT molecular complexity index is 628. The van der Waals surface area contributed by atoms with E-state index in [0.29, 0.717) is 11.3 Å². The lowest BCUT2D eigenvalue weighted by Crippen LogP contribution is -2.17. The molecule has 0 spiro atoms. The molecule has 0 radical (unpaired) electrons. The Morgan fingerprint density at radius 2 is 1.86 bits per heavy atom. The van der Waals surface area contributed by atoms with Crippen LogP contribution < -0.4 is 10.1 Å². The molecule has 1 atom stereocenters. The third kappa shape index (κ3) is 3.79. The molecule has 0 fully saturated rings. The average molecular weight is 291 g/mol. The highest BCUT2D eigenvalue weighted by molar-refractivity contribution is 5.37. The topological polar surface area (TPSA) is 21.3 Å². The molecule has 1 unspecified atom stereocenters. The summed E-state index contributed by atoms with van der Waals surface area (Å²) in [5.41, 5.74) is 1.32. The molecule has 0 saturated carbocycles. The van der Waals surface area contributed by atoms with E-state index in [1.807, 2.05) is 19.9 Å². The molecule has 0 aliphatic heterocycles. The summed E-state index contributed by atoms with van der Waals surface area (Å²) < 4.78 is 32.8. The number of ether oxygens (including phenoxy) is 1. The van der Waals surface area contributed by atoms with Gasteiger partial charge in [0.25, 0.3) is 0 Å². The van der Waals surface area contributed by atoms with Crippen LogP contribution in [0.25, 0.3) is 0 Å². The summed E-state index contributed by atoms with van der Waals surface area (Å²) in [5, 5.41) is 3.22. The van der Waals surface area contributed by atoms with Crippen molar-refractivity contribution in [3.05, 3.63) is 59.2 Å². The van der Waals surface area contributed by atoms with Crippen LogP contribution >= 0.6 is 0 Å². The molecule has 0 amide bonds. The number of benzene rings is 2. The minimum Gasteiger partial charge on any atom is -0.454 e. The Hall–Kier alpha value is -1.94. The monoisotopic (exact) mass is 291 g/mol. The summed E-state index contributed by atoms with van der Waals surface area (Å²) in [5.74, 6) is -0.189. The smallest absolute Gasteiger partial charge is 0.166 e. The van der Waals surface area contributed by atoms with Gasteiger partial charge in [0.05, 0.1) is 0 Å². The summed E-state index contributed by atoms with van der Waals surface area (Å²) in [7, 11) is 0. The zero-order valence-corrected chi connectivity index (χ0v) is 12.4. The molecular weight excluding hydrogens is 272 g/mol. The van der Waals surface area contributed by atoms with Crippen LogP contribution in [-0.4, -0.2) is 6.54 Å². The molecule has 0 aliphatic rings. The van der Waals surface area contributed by atoms with Gasteiger partial charge in [-0.2, -0.15) is 0 Å². The number of hydrogen-bond donors (Lipinski definition) is 1. The highest BCUT2D eigenvalue weighted by atomic mass is 19.1. The quantitative estimate of drug-likeness (QED) is 0.859. The van der Waals surface area contributed by atoms with Crippen LogP contribution in [0.1, 0.15) is 31.0 Å². The first-order valence-corrected chi connectivity index (χ1v) is 6.98. The Morgan fingerprint density at radius 1 is 1.10 bits per heavy atom. The van der Waals surface area contributed by atoms with Gasteiger partial charge in [-0.3, -0.25) is 0 Å². The van der Waals surface area contributed by atoms with E-state index >= 15 is 0 Å². The number of rotatable bonds is 5. The normalized spacial score (nSPS) is 12.2. The highest BCUT2D eigenvalue weighted by Gasteiger charge is 2.10. The highest BCUT2D eigenvalue weighted by Crippen LogP contribution is 2.28. The van der Waals surface area contributed by atoms with Crippen molar-refractivity contribution in [2.45, 2.75) is 26.8 Å². The van der Waals surface area contributed by atoms with Gasteiger partial charge in [0.2, 0.25) is 0 Å². The van der Waals surface area contributed by atoms with Crippen molar-refractivity contribution in [3.8, 4) is 11.5 Å². The van der Waals surface area contributed by atoms with E-state index < -0.39 is 5.82 Å². The molecular formula is C17H19F2NO. The molecule has 0 aliphatic carbocycles. The van der Waals surface area contributed by atoms with Crippen LogP contribution in [-0.2, 0) is 0 Å². The molecule has 0 aromatic heterocycles. The summed E-state index contributed by atoms with van der Waals surface area (Å²) in [6.07, 6.45) is 0.